The second-order valence-electron chi connectivity index (χ2n) is 5.00. The highest BCUT2D eigenvalue weighted by Gasteiger charge is 2.29. The number of nitrogens with zero attached hydrogens (tertiary/aromatic N) is 1. The molecule has 1 saturated heterocycles. The van der Waals surface area contributed by atoms with Gasteiger partial charge in [-0.3, -0.25) is 0 Å². The molecule has 0 atom stereocenters. The quantitative estimate of drug-likeness (QED) is 0.891. The zero-order valence-electron chi connectivity index (χ0n) is 11.1. The van der Waals surface area contributed by atoms with E-state index in [0.29, 0.717) is 25.6 Å². The standard InChI is InChI=1S/C13H18BrFN2O2S/c14-12-2-1-11(9-13(12)15)20(18,19)17-7-4-10(3-6-16)5-8-17/h1-2,9-10H,3-8,16H2. The van der Waals surface area contributed by atoms with Crippen molar-refractivity contribution in [3.05, 3.63) is 28.5 Å². The van der Waals surface area contributed by atoms with Crippen LogP contribution in [0.1, 0.15) is 19.3 Å². The van der Waals surface area contributed by atoms with Crippen LogP contribution < -0.4 is 5.73 Å². The number of hydrogen-bond donors (Lipinski definition) is 1. The van der Waals surface area contributed by atoms with Crippen LogP contribution in [-0.4, -0.2) is 32.4 Å². The second kappa shape index (κ2) is 6.51. The summed E-state index contributed by atoms with van der Waals surface area (Å²) in [5, 5.41) is 0. The van der Waals surface area contributed by atoms with Gasteiger partial charge in [0.2, 0.25) is 10.0 Å². The van der Waals surface area contributed by atoms with Gasteiger partial charge in [0.05, 0.1) is 9.37 Å². The van der Waals surface area contributed by atoms with E-state index in [0.717, 1.165) is 25.3 Å². The van der Waals surface area contributed by atoms with Gasteiger partial charge in [-0.1, -0.05) is 0 Å². The summed E-state index contributed by atoms with van der Waals surface area (Å²) in [6.45, 7) is 1.59. The van der Waals surface area contributed by atoms with Crippen molar-refractivity contribution < 1.29 is 12.8 Å². The van der Waals surface area contributed by atoms with Gasteiger partial charge in [-0.25, -0.2) is 12.8 Å². The van der Waals surface area contributed by atoms with Crippen molar-refractivity contribution in [1.29, 1.82) is 0 Å². The van der Waals surface area contributed by atoms with Gasteiger partial charge >= 0.3 is 0 Å². The topological polar surface area (TPSA) is 63.4 Å². The lowest BCUT2D eigenvalue weighted by atomic mass is 9.95. The number of sulfonamides is 1. The van der Waals surface area contributed by atoms with Gasteiger partial charge in [-0.2, -0.15) is 4.31 Å². The number of hydrogen-bond acceptors (Lipinski definition) is 3. The minimum Gasteiger partial charge on any atom is -0.330 e. The number of halogens is 2. The average molecular weight is 365 g/mol. The average Bonchev–Trinajstić information content (AvgIpc) is 2.43. The maximum absolute atomic E-state index is 13.5. The van der Waals surface area contributed by atoms with E-state index in [1.165, 1.54) is 16.4 Å². The van der Waals surface area contributed by atoms with Crippen molar-refractivity contribution in [2.45, 2.75) is 24.2 Å². The summed E-state index contributed by atoms with van der Waals surface area (Å²) in [5.41, 5.74) is 5.52. The van der Waals surface area contributed by atoms with Gasteiger partial charge in [0.15, 0.2) is 0 Å². The van der Waals surface area contributed by atoms with Crippen LogP contribution in [0, 0.1) is 11.7 Å². The highest BCUT2D eigenvalue weighted by Crippen LogP contribution is 2.27. The molecule has 0 aromatic heterocycles. The molecular weight excluding hydrogens is 347 g/mol. The molecule has 0 aliphatic carbocycles. The number of piperidine rings is 1. The van der Waals surface area contributed by atoms with E-state index in [9.17, 15) is 12.8 Å². The van der Waals surface area contributed by atoms with Crippen LogP contribution >= 0.6 is 15.9 Å². The molecule has 1 fully saturated rings. The summed E-state index contributed by atoms with van der Waals surface area (Å²) in [4.78, 5) is 0.00970. The summed E-state index contributed by atoms with van der Waals surface area (Å²) in [6, 6.07) is 3.91. The van der Waals surface area contributed by atoms with E-state index in [1.807, 2.05) is 0 Å². The lowest BCUT2D eigenvalue weighted by Gasteiger charge is -2.31. The van der Waals surface area contributed by atoms with Crippen molar-refractivity contribution in [2.24, 2.45) is 11.7 Å². The van der Waals surface area contributed by atoms with E-state index in [1.54, 1.807) is 0 Å². The first kappa shape index (κ1) is 15.9. The Kier molecular flexibility index (Phi) is 5.17. The molecule has 1 aromatic rings. The van der Waals surface area contributed by atoms with Crippen LogP contribution in [0.15, 0.2) is 27.6 Å². The highest BCUT2D eigenvalue weighted by molar-refractivity contribution is 9.10. The molecule has 4 nitrogen and oxygen atoms in total. The second-order valence-corrected chi connectivity index (χ2v) is 7.79. The summed E-state index contributed by atoms with van der Waals surface area (Å²) in [6.07, 6.45) is 2.56. The molecule has 2 rings (SSSR count). The van der Waals surface area contributed by atoms with E-state index >= 15 is 0 Å². The predicted octanol–water partition coefficient (Wildman–Crippen LogP) is 2.34. The third-order valence-electron chi connectivity index (χ3n) is 3.68. The van der Waals surface area contributed by atoms with E-state index in [2.05, 4.69) is 15.9 Å². The summed E-state index contributed by atoms with van der Waals surface area (Å²) >= 11 is 3.02. The molecule has 112 valence electrons. The third kappa shape index (κ3) is 3.39. The SMILES string of the molecule is NCCC1CCN(S(=O)(=O)c2ccc(Br)c(F)c2)CC1. The maximum Gasteiger partial charge on any atom is 0.243 e. The molecule has 2 N–H and O–H groups in total. The molecule has 0 radical (unpaired) electrons. The van der Waals surface area contributed by atoms with Crippen molar-refractivity contribution in [3.8, 4) is 0 Å². The predicted molar refractivity (Wildman–Crippen MR) is 79.3 cm³/mol. The van der Waals surface area contributed by atoms with Gasteiger partial charge in [-0.05, 0) is 65.9 Å². The van der Waals surface area contributed by atoms with Gasteiger partial charge in [0.25, 0.3) is 0 Å². The first-order chi connectivity index (χ1) is 9.45. The molecule has 1 aromatic carbocycles. The summed E-state index contributed by atoms with van der Waals surface area (Å²) in [7, 11) is -3.60. The molecule has 1 aliphatic rings. The molecule has 7 heteroatoms. The fraction of sp³-hybridized carbons (Fsp3) is 0.538. The Morgan fingerprint density at radius 2 is 2.00 bits per heavy atom. The van der Waals surface area contributed by atoms with Crippen molar-refractivity contribution >= 4 is 26.0 Å². The Hall–Kier alpha value is -0.500. The minimum atomic E-state index is -3.60. The Labute approximate surface area is 127 Å². The van der Waals surface area contributed by atoms with Gasteiger partial charge in [0.1, 0.15) is 5.82 Å². The molecule has 0 unspecified atom stereocenters. The zero-order valence-corrected chi connectivity index (χ0v) is 13.5. The van der Waals surface area contributed by atoms with Crippen molar-refractivity contribution in [3.63, 3.8) is 0 Å². The van der Waals surface area contributed by atoms with E-state index in [4.69, 9.17) is 5.73 Å². The summed E-state index contributed by atoms with van der Waals surface area (Å²) in [5.74, 6) is -0.0720. The molecule has 0 amide bonds. The van der Waals surface area contributed by atoms with Gasteiger partial charge in [0, 0.05) is 13.1 Å². The largest absolute Gasteiger partial charge is 0.330 e. The van der Waals surface area contributed by atoms with Crippen LogP contribution in [0.5, 0.6) is 0 Å². The van der Waals surface area contributed by atoms with E-state index in [-0.39, 0.29) is 9.37 Å². The molecular formula is C13H18BrFN2O2S. The van der Waals surface area contributed by atoms with Crippen LogP contribution in [0.2, 0.25) is 0 Å². The summed E-state index contributed by atoms with van der Waals surface area (Å²) < 4.78 is 40.1. The smallest absolute Gasteiger partial charge is 0.243 e. The fourth-order valence-electron chi connectivity index (χ4n) is 2.46. The van der Waals surface area contributed by atoms with Crippen LogP contribution in [0.25, 0.3) is 0 Å². The Bertz CT molecular complexity index is 572. The monoisotopic (exact) mass is 364 g/mol. The Morgan fingerprint density at radius 3 is 2.55 bits per heavy atom. The van der Waals surface area contributed by atoms with Gasteiger partial charge < -0.3 is 5.73 Å². The zero-order chi connectivity index (χ0) is 14.8. The number of nitrogens with two attached hydrogens (primary N) is 1. The van der Waals surface area contributed by atoms with Crippen molar-refractivity contribution in [2.75, 3.05) is 19.6 Å². The first-order valence-corrected chi connectivity index (χ1v) is 8.83. The lowest BCUT2D eigenvalue weighted by Crippen LogP contribution is -2.38. The maximum atomic E-state index is 13.5. The number of benzene rings is 1. The molecule has 1 aliphatic heterocycles. The van der Waals surface area contributed by atoms with Crippen LogP contribution in [-0.2, 0) is 10.0 Å². The first-order valence-electron chi connectivity index (χ1n) is 6.60. The molecule has 0 saturated carbocycles. The third-order valence-corrected chi connectivity index (χ3v) is 6.22. The van der Waals surface area contributed by atoms with Crippen LogP contribution in [0.4, 0.5) is 4.39 Å². The van der Waals surface area contributed by atoms with E-state index < -0.39 is 15.8 Å². The molecule has 0 bridgehead atoms. The minimum absolute atomic E-state index is 0.00970. The number of rotatable bonds is 4. The Morgan fingerprint density at radius 1 is 1.35 bits per heavy atom. The van der Waals surface area contributed by atoms with Gasteiger partial charge in [-0.15, -0.1) is 0 Å². The molecule has 20 heavy (non-hydrogen) atoms. The fourth-order valence-corrected chi connectivity index (χ4v) is 4.19. The molecule has 0 spiro atoms. The highest BCUT2D eigenvalue weighted by atomic mass is 79.9. The molecule has 1 heterocycles. The lowest BCUT2D eigenvalue weighted by molar-refractivity contribution is 0.265. The normalized spacial score (nSPS) is 18.4. The Balaban J connectivity index is 2.13. The van der Waals surface area contributed by atoms with Crippen LogP contribution in [0.3, 0.4) is 0 Å². The van der Waals surface area contributed by atoms with Crippen molar-refractivity contribution in [1.82, 2.24) is 4.31 Å².